The first-order valence-corrected chi connectivity index (χ1v) is 9.15. The molecule has 1 amide bonds. The molecule has 0 radical (unpaired) electrons. The third kappa shape index (κ3) is 3.49. The summed E-state index contributed by atoms with van der Waals surface area (Å²) in [6, 6.07) is 4.43. The molecule has 4 rings (SSSR count). The molecule has 0 spiro atoms. The van der Waals surface area contributed by atoms with Crippen LogP contribution in [0.5, 0.6) is 0 Å². The minimum atomic E-state index is -0.490. The van der Waals surface area contributed by atoms with Crippen molar-refractivity contribution in [3.05, 3.63) is 45.6 Å². The van der Waals surface area contributed by atoms with Crippen LogP contribution >= 0.6 is 0 Å². The topological polar surface area (TPSA) is 114 Å². The highest BCUT2D eigenvalue weighted by atomic mass is 16.6. The number of nitro benzene ring substituents is 1. The number of carbonyl (C=O) groups is 1. The van der Waals surface area contributed by atoms with Crippen LogP contribution in [0.15, 0.2) is 22.7 Å². The summed E-state index contributed by atoms with van der Waals surface area (Å²) >= 11 is 0. The van der Waals surface area contributed by atoms with E-state index in [-0.39, 0.29) is 17.5 Å². The van der Waals surface area contributed by atoms with Crippen LogP contribution in [0.3, 0.4) is 0 Å². The second kappa shape index (κ2) is 6.98. The van der Waals surface area contributed by atoms with E-state index in [9.17, 15) is 14.9 Å². The van der Waals surface area contributed by atoms with Gasteiger partial charge in [0.1, 0.15) is 0 Å². The number of piperidine rings is 1. The zero-order valence-electron chi connectivity index (χ0n) is 15.1. The van der Waals surface area contributed by atoms with E-state index in [0.29, 0.717) is 17.2 Å². The van der Waals surface area contributed by atoms with Crippen LogP contribution < -0.4 is 10.2 Å². The standard InChI is InChI=1S/C18H21N5O4/c1-19-17(24)14-10-13(23(25)26)4-5-15(14)22-8-6-11(7-9-22)16-20-18(27-21-16)12-2-3-12/h4-5,10-12H,2-3,6-9H2,1H3,(H,19,24). The summed E-state index contributed by atoms with van der Waals surface area (Å²) in [6.45, 7) is 1.44. The van der Waals surface area contributed by atoms with Crippen molar-refractivity contribution < 1.29 is 14.2 Å². The number of hydrogen-bond acceptors (Lipinski definition) is 7. The Bertz CT molecular complexity index is 868. The van der Waals surface area contributed by atoms with Gasteiger partial charge in [0.25, 0.3) is 11.6 Å². The Labute approximate surface area is 155 Å². The molecule has 2 heterocycles. The first kappa shape index (κ1) is 17.4. The summed E-state index contributed by atoms with van der Waals surface area (Å²) in [7, 11) is 1.52. The number of nitrogens with one attached hydrogen (secondary N) is 1. The lowest BCUT2D eigenvalue weighted by molar-refractivity contribution is -0.384. The number of hydrogen-bond donors (Lipinski definition) is 1. The fraction of sp³-hybridized carbons (Fsp3) is 0.500. The molecular weight excluding hydrogens is 350 g/mol. The average molecular weight is 371 g/mol. The molecule has 1 aromatic carbocycles. The van der Waals surface area contributed by atoms with Gasteiger partial charge >= 0.3 is 0 Å². The van der Waals surface area contributed by atoms with Crippen LogP contribution in [0, 0.1) is 10.1 Å². The maximum Gasteiger partial charge on any atom is 0.270 e. The summed E-state index contributed by atoms with van der Waals surface area (Å²) < 4.78 is 5.36. The number of anilines is 1. The Morgan fingerprint density at radius 1 is 1.26 bits per heavy atom. The SMILES string of the molecule is CNC(=O)c1cc([N+](=O)[O-])ccc1N1CCC(c2noc(C3CC3)n2)CC1. The highest BCUT2D eigenvalue weighted by Gasteiger charge is 2.32. The molecule has 2 aliphatic rings. The third-order valence-electron chi connectivity index (χ3n) is 5.25. The molecule has 27 heavy (non-hydrogen) atoms. The zero-order chi connectivity index (χ0) is 19.0. The average Bonchev–Trinajstić information content (AvgIpc) is 3.43. The maximum atomic E-state index is 12.2. The van der Waals surface area contributed by atoms with Crippen molar-refractivity contribution in [1.29, 1.82) is 0 Å². The molecule has 1 aromatic heterocycles. The number of benzene rings is 1. The molecule has 0 bridgehead atoms. The largest absolute Gasteiger partial charge is 0.371 e. The molecule has 9 heteroatoms. The van der Waals surface area contributed by atoms with Crippen LogP contribution in [-0.4, -0.2) is 41.1 Å². The van der Waals surface area contributed by atoms with Crippen molar-refractivity contribution >= 4 is 17.3 Å². The van der Waals surface area contributed by atoms with Crippen LogP contribution in [0.4, 0.5) is 11.4 Å². The molecule has 1 N–H and O–H groups in total. The minimum Gasteiger partial charge on any atom is -0.371 e. The Hall–Kier alpha value is -2.97. The predicted molar refractivity (Wildman–Crippen MR) is 96.9 cm³/mol. The number of non-ortho nitro benzene ring substituents is 1. The van der Waals surface area contributed by atoms with E-state index in [4.69, 9.17) is 4.52 Å². The van der Waals surface area contributed by atoms with Crippen molar-refractivity contribution in [1.82, 2.24) is 15.5 Å². The normalized spacial score (nSPS) is 17.7. The van der Waals surface area contributed by atoms with E-state index in [1.165, 1.54) is 19.2 Å². The summed E-state index contributed by atoms with van der Waals surface area (Å²) in [4.78, 5) is 29.4. The van der Waals surface area contributed by atoms with Gasteiger partial charge in [-0.3, -0.25) is 14.9 Å². The first-order valence-electron chi connectivity index (χ1n) is 9.15. The number of nitro groups is 1. The molecule has 2 aromatic rings. The monoisotopic (exact) mass is 371 g/mol. The van der Waals surface area contributed by atoms with Gasteiger partial charge in [-0.1, -0.05) is 5.16 Å². The van der Waals surface area contributed by atoms with Crippen molar-refractivity contribution in [2.75, 3.05) is 25.0 Å². The number of rotatable bonds is 5. The molecular formula is C18H21N5O4. The summed E-state index contributed by atoms with van der Waals surface area (Å²) in [5.74, 6) is 1.88. The van der Waals surface area contributed by atoms with Crippen LogP contribution in [0.25, 0.3) is 0 Å². The van der Waals surface area contributed by atoms with Gasteiger partial charge in [-0.05, 0) is 31.7 Å². The van der Waals surface area contributed by atoms with Gasteiger partial charge < -0.3 is 14.7 Å². The number of carbonyl (C=O) groups excluding carboxylic acids is 1. The lowest BCUT2D eigenvalue weighted by Gasteiger charge is -2.33. The van der Waals surface area contributed by atoms with E-state index in [2.05, 4.69) is 20.4 Å². The van der Waals surface area contributed by atoms with E-state index in [0.717, 1.165) is 50.5 Å². The fourth-order valence-electron chi connectivity index (χ4n) is 3.52. The Morgan fingerprint density at radius 3 is 2.63 bits per heavy atom. The number of nitrogens with zero attached hydrogens (tertiary/aromatic N) is 4. The lowest BCUT2D eigenvalue weighted by Crippen LogP contribution is -2.35. The van der Waals surface area contributed by atoms with Crippen LogP contribution in [0.1, 0.15) is 59.6 Å². The van der Waals surface area contributed by atoms with Gasteiger partial charge in [0.15, 0.2) is 5.82 Å². The molecule has 0 unspecified atom stereocenters. The molecule has 9 nitrogen and oxygen atoms in total. The maximum absolute atomic E-state index is 12.2. The molecule has 1 saturated heterocycles. The smallest absolute Gasteiger partial charge is 0.270 e. The third-order valence-corrected chi connectivity index (χ3v) is 5.25. The zero-order valence-corrected chi connectivity index (χ0v) is 15.1. The fourth-order valence-corrected chi connectivity index (χ4v) is 3.52. The van der Waals surface area contributed by atoms with Crippen molar-refractivity contribution in [2.45, 2.75) is 37.5 Å². The molecule has 142 valence electrons. The molecule has 0 atom stereocenters. The van der Waals surface area contributed by atoms with Crippen LogP contribution in [-0.2, 0) is 0 Å². The first-order chi connectivity index (χ1) is 13.1. The predicted octanol–water partition coefficient (Wildman–Crippen LogP) is 2.60. The molecule has 1 aliphatic carbocycles. The molecule has 1 saturated carbocycles. The van der Waals surface area contributed by atoms with Gasteiger partial charge in [0.2, 0.25) is 5.89 Å². The molecule has 2 fully saturated rings. The lowest BCUT2D eigenvalue weighted by atomic mass is 9.95. The number of amides is 1. The minimum absolute atomic E-state index is 0.0911. The van der Waals surface area contributed by atoms with E-state index in [1.54, 1.807) is 6.07 Å². The highest BCUT2D eigenvalue weighted by molar-refractivity contribution is 6.00. The summed E-state index contributed by atoms with van der Waals surface area (Å²) in [5.41, 5.74) is 0.942. The van der Waals surface area contributed by atoms with Gasteiger partial charge in [-0.25, -0.2) is 0 Å². The summed E-state index contributed by atoms with van der Waals surface area (Å²) in [6.07, 6.45) is 3.94. The van der Waals surface area contributed by atoms with E-state index < -0.39 is 4.92 Å². The number of aromatic nitrogens is 2. The Balaban J connectivity index is 1.49. The molecule has 1 aliphatic heterocycles. The van der Waals surface area contributed by atoms with Crippen molar-refractivity contribution in [2.24, 2.45) is 0 Å². The van der Waals surface area contributed by atoms with Gasteiger partial charge in [-0.15, -0.1) is 0 Å². The second-order valence-electron chi connectivity index (χ2n) is 7.06. The van der Waals surface area contributed by atoms with E-state index in [1.807, 2.05) is 0 Å². The van der Waals surface area contributed by atoms with Gasteiger partial charge in [-0.2, -0.15) is 4.98 Å². The van der Waals surface area contributed by atoms with Crippen molar-refractivity contribution in [3.63, 3.8) is 0 Å². The van der Waals surface area contributed by atoms with E-state index >= 15 is 0 Å². The van der Waals surface area contributed by atoms with Crippen molar-refractivity contribution in [3.8, 4) is 0 Å². The van der Waals surface area contributed by atoms with Gasteiger partial charge in [0.05, 0.1) is 16.2 Å². The Kier molecular flexibility index (Phi) is 4.51. The van der Waals surface area contributed by atoms with Gasteiger partial charge in [0, 0.05) is 44.1 Å². The van der Waals surface area contributed by atoms with Crippen LogP contribution in [0.2, 0.25) is 0 Å². The quantitative estimate of drug-likeness (QED) is 0.634. The Morgan fingerprint density at radius 2 is 2.00 bits per heavy atom. The second-order valence-corrected chi connectivity index (χ2v) is 7.06. The highest BCUT2D eigenvalue weighted by Crippen LogP contribution is 2.40. The summed E-state index contributed by atoms with van der Waals surface area (Å²) in [5, 5.41) is 17.7.